The van der Waals surface area contributed by atoms with Crippen LogP contribution in [0.2, 0.25) is 0 Å². The molecule has 1 aliphatic heterocycles. The zero-order valence-electron chi connectivity index (χ0n) is 15.5. The van der Waals surface area contributed by atoms with E-state index in [4.69, 9.17) is 15.2 Å². The molecule has 2 N–H and O–H groups in total. The number of rotatable bonds is 4. The normalized spacial score (nSPS) is 16.4. The molecular formula is C19H20F2N4O2S. The Morgan fingerprint density at radius 1 is 1.29 bits per heavy atom. The van der Waals surface area contributed by atoms with Gasteiger partial charge in [-0.05, 0) is 25.8 Å². The molecule has 9 heteroatoms. The zero-order chi connectivity index (χ0) is 19.9. The first-order chi connectivity index (χ1) is 13.4. The minimum atomic E-state index is -0.845. The Hall–Kier alpha value is -2.39. The van der Waals surface area contributed by atoms with Crippen molar-refractivity contribution in [3.8, 4) is 17.0 Å². The van der Waals surface area contributed by atoms with Crippen molar-refractivity contribution in [1.29, 1.82) is 0 Å². The second-order valence-corrected chi connectivity index (χ2v) is 8.57. The van der Waals surface area contributed by atoms with Gasteiger partial charge in [-0.25, -0.2) is 9.37 Å². The van der Waals surface area contributed by atoms with E-state index in [1.807, 2.05) is 6.20 Å². The summed E-state index contributed by atoms with van der Waals surface area (Å²) in [6, 6.07) is 2.82. The molecule has 0 bridgehead atoms. The lowest BCUT2D eigenvalue weighted by atomic mass is 10.0. The smallest absolute Gasteiger partial charge is 0.224 e. The second-order valence-electron chi connectivity index (χ2n) is 6.94. The van der Waals surface area contributed by atoms with Gasteiger partial charge in [0.1, 0.15) is 11.4 Å². The molecule has 4 rings (SSSR count). The quantitative estimate of drug-likeness (QED) is 0.662. The average molecular weight is 406 g/mol. The Morgan fingerprint density at radius 2 is 2.04 bits per heavy atom. The first-order valence-corrected chi connectivity index (χ1v) is 9.65. The van der Waals surface area contributed by atoms with Crippen LogP contribution in [0.15, 0.2) is 29.4 Å². The fourth-order valence-electron chi connectivity index (χ4n) is 3.25. The van der Waals surface area contributed by atoms with Crippen molar-refractivity contribution >= 4 is 23.2 Å². The van der Waals surface area contributed by atoms with Gasteiger partial charge in [0, 0.05) is 30.2 Å². The van der Waals surface area contributed by atoms with Crippen LogP contribution in [0.25, 0.3) is 16.9 Å². The van der Waals surface area contributed by atoms with Crippen LogP contribution in [0.1, 0.15) is 19.8 Å². The molecule has 1 saturated heterocycles. The number of aromatic nitrogens is 3. The van der Waals surface area contributed by atoms with E-state index in [0.29, 0.717) is 30.3 Å². The van der Waals surface area contributed by atoms with Gasteiger partial charge < -0.3 is 15.2 Å². The highest BCUT2D eigenvalue weighted by atomic mass is 32.2. The standard InChI is InChI=1S/C19H20F2N4O2S/c1-19(3-5-27-6-4-19)28-15-10-25-13(9-23-16(25)8-14(15)26-2)11-7-12(20)18(22)24-17(11)21/h7-10H,3-6H2,1-2H3,(H2,22,24). The van der Waals surface area contributed by atoms with Crippen molar-refractivity contribution in [3.63, 3.8) is 0 Å². The van der Waals surface area contributed by atoms with Crippen molar-refractivity contribution < 1.29 is 18.3 Å². The van der Waals surface area contributed by atoms with E-state index in [-0.39, 0.29) is 10.3 Å². The van der Waals surface area contributed by atoms with Gasteiger partial charge in [-0.2, -0.15) is 9.37 Å². The largest absolute Gasteiger partial charge is 0.495 e. The van der Waals surface area contributed by atoms with E-state index in [2.05, 4.69) is 16.9 Å². The molecule has 1 aliphatic rings. The van der Waals surface area contributed by atoms with Crippen LogP contribution in [-0.2, 0) is 4.74 Å². The van der Waals surface area contributed by atoms with E-state index in [1.54, 1.807) is 29.3 Å². The number of methoxy groups -OCH3 is 1. The highest BCUT2D eigenvalue weighted by Crippen LogP contribution is 2.44. The molecule has 28 heavy (non-hydrogen) atoms. The highest BCUT2D eigenvalue weighted by Gasteiger charge is 2.30. The average Bonchev–Trinajstić information content (AvgIpc) is 3.07. The number of nitrogens with zero attached hydrogens (tertiary/aromatic N) is 3. The van der Waals surface area contributed by atoms with E-state index in [1.165, 1.54) is 6.20 Å². The van der Waals surface area contributed by atoms with Crippen LogP contribution < -0.4 is 10.5 Å². The maximum atomic E-state index is 14.4. The minimum Gasteiger partial charge on any atom is -0.495 e. The van der Waals surface area contributed by atoms with Crippen molar-refractivity contribution in [2.45, 2.75) is 29.4 Å². The SMILES string of the molecule is COc1cc2ncc(-c3cc(F)c(N)nc3F)n2cc1SC1(C)CCOCC1. The summed E-state index contributed by atoms with van der Waals surface area (Å²) >= 11 is 1.69. The molecule has 0 aliphatic carbocycles. The molecule has 0 aromatic carbocycles. The summed E-state index contributed by atoms with van der Waals surface area (Å²) in [5, 5.41) is 0. The Kier molecular flexibility index (Phi) is 4.88. The Morgan fingerprint density at radius 3 is 2.75 bits per heavy atom. The van der Waals surface area contributed by atoms with Gasteiger partial charge >= 0.3 is 0 Å². The topological polar surface area (TPSA) is 74.7 Å². The molecule has 0 atom stereocenters. The lowest BCUT2D eigenvalue weighted by Gasteiger charge is -2.33. The predicted molar refractivity (Wildman–Crippen MR) is 104 cm³/mol. The number of thioether (sulfide) groups is 1. The van der Waals surface area contributed by atoms with Crippen LogP contribution in [0.3, 0.4) is 0 Å². The number of hydrogen-bond acceptors (Lipinski definition) is 6. The molecule has 0 spiro atoms. The van der Waals surface area contributed by atoms with Gasteiger partial charge in [-0.1, -0.05) is 0 Å². The van der Waals surface area contributed by atoms with Gasteiger partial charge in [0.05, 0.1) is 29.5 Å². The Labute approximate surface area is 165 Å². The van der Waals surface area contributed by atoms with Gasteiger partial charge in [0.2, 0.25) is 5.95 Å². The lowest BCUT2D eigenvalue weighted by Crippen LogP contribution is -2.29. The minimum absolute atomic E-state index is 0.0000624. The maximum Gasteiger partial charge on any atom is 0.224 e. The third-order valence-electron chi connectivity index (χ3n) is 4.93. The lowest BCUT2D eigenvalue weighted by molar-refractivity contribution is 0.0815. The number of nitrogens with two attached hydrogens (primary N) is 1. The van der Waals surface area contributed by atoms with Crippen LogP contribution in [0, 0.1) is 11.8 Å². The zero-order valence-corrected chi connectivity index (χ0v) is 16.4. The molecule has 3 aromatic heterocycles. The summed E-state index contributed by atoms with van der Waals surface area (Å²) in [4.78, 5) is 8.65. The molecule has 6 nitrogen and oxygen atoms in total. The first-order valence-electron chi connectivity index (χ1n) is 8.84. The molecule has 0 saturated carbocycles. The molecule has 0 unspecified atom stereocenters. The van der Waals surface area contributed by atoms with Crippen LogP contribution in [0.5, 0.6) is 5.75 Å². The third kappa shape index (κ3) is 3.40. The van der Waals surface area contributed by atoms with E-state index in [9.17, 15) is 8.78 Å². The van der Waals surface area contributed by atoms with Crippen molar-refractivity contribution in [2.24, 2.45) is 0 Å². The van der Waals surface area contributed by atoms with Crippen molar-refractivity contribution in [3.05, 3.63) is 36.3 Å². The molecule has 148 valence electrons. The van der Waals surface area contributed by atoms with Gasteiger partial charge in [-0.3, -0.25) is 4.40 Å². The molecule has 4 heterocycles. The summed E-state index contributed by atoms with van der Waals surface area (Å²) in [5.41, 5.74) is 6.30. The van der Waals surface area contributed by atoms with E-state index < -0.39 is 17.6 Å². The van der Waals surface area contributed by atoms with E-state index in [0.717, 1.165) is 23.8 Å². The van der Waals surface area contributed by atoms with Crippen LogP contribution in [-0.4, -0.2) is 39.4 Å². The van der Waals surface area contributed by atoms with Crippen molar-refractivity contribution in [1.82, 2.24) is 14.4 Å². The number of nitrogen functional groups attached to an aromatic ring is 1. The molecular weight excluding hydrogens is 386 g/mol. The summed E-state index contributed by atoms with van der Waals surface area (Å²) in [7, 11) is 1.60. The summed E-state index contributed by atoms with van der Waals surface area (Å²) in [6.07, 6.45) is 5.15. The third-order valence-corrected chi connectivity index (χ3v) is 6.36. The number of anilines is 1. The van der Waals surface area contributed by atoms with Gasteiger partial charge in [-0.15, -0.1) is 11.8 Å². The number of halogens is 2. The highest BCUT2D eigenvalue weighted by molar-refractivity contribution is 8.00. The second kappa shape index (κ2) is 7.21. The predicted octanol–water partition coefficient (Wildman–Crippen LogP) is 3.93. The van der Waals surface area contributed by atoms with Gasteiger partial charge in [0.25, 0.3) is 0 Å². The summed E-state index contributed by atoms with van der Waals surface area (Å²) in [6.45, 7) is 3.62. The van der Waals surface area contributed by atoms with Gasteiger partial charge in [0.15, 0.2) is 11.6 Å². The van der Waals surface area contributed by atoms with Crippen molar-refractivity contribution in [2.75, 3.05) is 26.1 Å². The van der Waals surface area contributed by atoms with Crippen LogP contribution >= 0.6 is 11.8 Å². The van der Waals surface area contributed by atoms with E-state index >= 15 is 0 Å². The fourth-order valence-corrected chi connectivity index (χ4v) is 4.55. The first kappa shape index (κ1) is 18.9. The molecule has 0 amide bonds. The molecule has 1 fully saturated rings. The number of hydrogen-bond donors (Lipinski definition) is 1. The summed E-state index contributed by atoms with van der Waals surface area (Å²) in [5.74, 6) is -1.41. The molecule has 3 aromatic rings. The number of fused-ring (bicyclic) bond motifs is 1. The monoisotopic (exact) mass is 406 g/mol. The Bertz CT molecular complexity index is 1030. The number of ether oxygens (including phenoxy) is 2. The number of imidazole rings is 1. The maximum absolute atomic E-state index is 14.4. The van der Waals surface area contributed by atoms with Crippen LogP contribution in [0.4, 0.5) is 14.6 Å². The molecule has 0 radical (unpaired) electrons. The summed E-state index contributed by atoms with van der Waals surface area (Å²) < 4.78 is 41.0. The number of pyridine rings is 2. The fraction of sp³-hybridized carbons (Fsp3) is 0.368. The Balaban J connectivity index is 1.82.